The molecule has 1 aromatic heterocycles. The molecule has 34 heavy (non-hydrogen) atoms. The molecule has 0 aliphatic carbocycles. The molecular formula is C26H28N2O5S. The summed E-state index contributed by atoms with van der Waals surface area (Å²) < 4.78 is 34.7. The highest BCUT2D eigenvalue weighted by Gasteiger charge is 2.40. The largest absolute Gasteiger partial charge is 0.456 e. The van der Waals surface area contributed by atoms with Gasteiger partial charge in [-0.1, -0.05) is 35.9 Å². The average Bonchev–Trinajstić information content (AvgIpc) is 3.43. The van der Waals surface area contributed by atoms with Crippen LogP contribution >= 0.6 is 0 Å². The Bertz CT molecular complexity index is 1310. The van der Waals surface area contributed by atoms with Crippen LogP contribution in [0.15, 0.2) is 65.6 Å². The molecule has 0 radical (unpaired) electrons. The molecular weight excluding hydrogens is 452 g/mol. The summed E-state index contributed by atoms with van der Waals surface area (Å²) in [6.45, 7) is 5.44. The van der Waals surface area contributed by atoms with Gasteiger partial charge in [0, 0.05) is 29.2 Å². The van der Waals surface area contributed by atoms with E-state index in [9.17, 15) is 18.0 Å². The van der Waals surface area contributed by atoms with Crippen LogP contribution in [0.25, 0.3) is 5.69 Å². The lowest BCUT2D eigenvalue weighted by atomic mass is 10.1. The number of nitrogens with zero attached hydrogens (tertiary/aromatic N) is 2. The smallest absolute Gasteiger partial charge is 0.324 e. The number of ether oxygens (including phenoxy) is 1. The Labute approximate surface area is 200 Å². The third-order valence-corrected chi connectivity index (χ3v) is 8.12. The first-order chi connectivity index (χ1) is 16.2. The second-order valence-corrected chi connectivity index (χ2v) is 10.5. The Hall–Kier alpha value is -3.23. The van der Waals surface area contributed by atoms with Gasteiger partial charge in [0.1, 0.15) is 6.04 Å². The molecule has 3 aromatic rings. The van der Waals surface area contributed by atoms with E-state index in [-0.39, 0.29) is 17.2 Å². The van der Waals surface area contributed by atoms with Crippen LogP contribution in [0.2, 0.25) is 0 Å². The third kappa shape index (κ3) is 4.56. The quantitative estimate of drug-likeness (QED) is 0.377. The first-order valence-electron chi connectivity index (χ1n) is 11.2. The molecule has 7 nitrogen and oxygen atoms in total. The normalized spacial score (nSPS) is 16.5. The van der Waals surface area contributed by atoms with E-state index in [2.05, 4.69) is 0 Å². The van der Waals surface area contributed by atoms with Crippen LogP contribution in [-0.4, -0.2) is 48.2 Å². The molecule has 0 unspecified atom stereocenters. The molecule has 1 atom stereocenters. The summed E-state index contributed by atoms with van der Waals surface area (Å²) in [5.74, 6) is -1.02. The molecule has 1 aliphatic rings. The van der Waals surface area contributed by atoms with Gasteiger partial charge in [-0.05, 0) is 63.9 Å². The van der Waals surface area contributed by atoms with Crippen LogP contribution in [0.5, 0.6) is 0 Å². The number of rotatable bonds is 7. The second kappa shape index (κ2) is 9.56. The van der Waals surface area contributed by atoms with Crippen molar-refractivity contribution in [2.24, 2.45) is 0 Å². The number of esters is 1. The van der Waals surface area contributed by atoms with E-state index < -0.39 is 28.6 Å². The lowest BCUT2D eigenvalue weighted by molar-refractivity contribution is -0.146. The van der Waals surface area contributed by atoms with E-state index >= 15 is 0 Å². The number of carbonyl (C=O) groups is 2. The summed E-state index contributed by atoms with van der Waals surface area (Å²) in [4.78, 5) is 25.8. The SMILES string of the molecule is Cc1ccc(S(=O)(=O)N2CCC[C@@H]2C(=O)OCC(=O)c2cc(C)n(-c3ccccc3)c2C)cc1. The van der Waals surface area contributed by atoms with Gasteiger partial charge in [-0.3, -0.25) is 9.59 Å². The first kappa shape index (κ1) is 23.9. The summed E-state index contributed by atoms with van der Waals surface area (Å²) in [6.07, 6.45) is 0.914. The lowest BCUT2D eigenvalue weighted by Gasteiger charge is -2.22. The van der Waals surface area contributed by atoms with Crippen molar-refractivity contribution in [2.45, 2.75) is 44.6 Å². The highest BCUT2D eigenvalue weighted by atomic mass is 32.2. The molecule has 0 amide bonds. The van der Waals surface area contributed by atoms with E-state index in [4.69, 9.17) is 4.74 Å². The van der Waals surface area contributed by atoms with E-state index in [1.165, 1.54) is 16.4 Å². The van der Waals surface area contributed by atoms with Crippen molar-refractivity contribution in [1.82, 2.24) is 8.87 Å². The Kier molecular flexibility index (Phi) is 6.72. The molecule has 8 heteroatoms. The number of ketones is 1. The Morgan fingerprint density at radius 1 is 1.00 bits per heavy atom. The molecule has 1 fully saturated rings. The maximum Gasteiger partial charge on any atom is 0.324 e. The van der Waals surface area contributed by atoms with E-state index in [1.54, 1.807) is 18.2 Å². The van der Waals surface area contributed by atoms with Crippen molar-refractivity contribution in [1.29, 1.82) is 0 Å². The van der Waals surface area contributed by atoms with Gasteiger partial charge in [-0.15, -0.1) is 0 Å². The fourth-order valence-corrected chi connectivity index (χ4v) is 6.09. The van der Waals surface area contributed by atoms with Gasteiger partial charge in [-0.25, -0.2) is 8.42 Å². The number of para-hydroxylation sites is 1. The number of carbonyl (C=O) groups excluding carboxylic acids is 2. The Morgan fingerprint density at radius 3 is 2.35 bits per heavy atom. The minimum Gasteiger partial charge on any atom is -0.456 e. The van der Waals surface area contributed by atoms with Crippen molar-refractivity contribution < 1.29 is 22.7 Å². The second-order valence-electron chi connectivity index (χ2n) is 8.57. The van der Waals surface area contributed by atoms with Gasteiger partial charge in [0.2, 0.25) is 15.8 Å². The van der Waals surface area contributed by atoms with Crippen LogP contribution in [0, 0.1) is 20.8 Å². The first-order valence-corrected chi connectivity index (χ1v) is 12.7. The summed E-state index contributed by atoms with van der Waals surface area (Å²) >= 11 is 0. The van der Waals surface area contributed by atoms with Crippen LogP contribution in [-0.2, 0) is 19.6 Å². The highest BCUT2D eigenvalue weighted by molar-refractivity contribution is 7.89. The monoisotopic (exact) mass is 480 g/mol. The van der Waals surface area contributed by atoms with Crippen molar-refractivity contribution in [3.05, 3.63) is 83.2 Å². The Balaban J connectivity index is 1.46. The Morgan fingerprint density at radius 2 is 1.68 bits per heavy atom. The summed E-state index contributed by atoms with van der Waals surface area (Å²) in [7, 11) is -3.84. The molecule has 1 aliphatic heterocycles. The standard InChI is InChI=1S/C26H28N2O5S/c1-18-11-13-22(14-12-18)34(31,32)27-15-7-10-24(27)26(30)33-17-25(29)23-16-19(2)28(20(23)3)21-8-5-4-6-9-21/h4-6,8-9,11-14,16,24H,7,10,15,17H2,1-3H3/t24-/m1/s1. The molecule has 0 saturated carbocycles. The summed E-state index contributed by atoms with van der Waals surface area (Å²) in [6, 6.07) is 17.1. The highest BCUT2D eigenvalue weighted by Crippen LogP contribution is 2.27. The van der Waals surface area contributed by atoms with Crippen LogP contribution in [0.1, 0.15) is 40.2 Å². The minimum absolute atomic E-state index is 0.141. The fourth-order valence-electron chi connectivity index (χ4n) is 4.44. The fraction of sp³-hybridized carbons (Fsp3) is 0.308. The van der Waals surface area contributed by atoms with Crippen LogP contribution in [0.3, 0.4) is 0 Å². The van der Waals surface area contributed by atoms with Crippen molar-refractivity contribution in [3.63, 3.8) is 0 Å². The molecule has 4 rings (SSSR count). The number of benzene rings is 2. The third-order valence-electron chi connectivity index (χ3n) is 6.19. The van der Waals surface area contributed by atoms with Gasteiger partial charge in [-0.2, -0.15) is 4.31 Å². The summed E-state index contributed by atoms with van der Waals surface area (Å²) in [5, 5.41) is 0. The van der Waals surface area contributed by atoms with Crippen molar-refractivity contribution >= 4 is 21.8 Å². The predicted molar refractivity (Wildman–Crippen MR) is 129 cm³/mol. The molecule has 0 bridgehead atoms. The van der Waals surface area contributed by atoms with Crippen molar-refractivity contribution in [3.8, 4) is 5.69 Å². The number of Topliss-reactive ketones (excluding diaryl/α,β-unsaturated/α-hetero) is 1. The van der Waals surface area contributed by atoms with Crippen LogP contribution < -0.4 is 0 Å². The van der Waals surface area contributed by atoms with E-state index in [0.29, 0.717) is 18.4 Å². The zero-order valence-corrected chi connectivity index (χ0v) is 20.3. The van der Waals surface area contributed by atoms with Crippen LogP contribution in [0.4, 0.5) is 0 Å². The molecule has 178 valence electrons. The predicted octanol–water partition coefficient (Wildman–Crippen LogP) is 3.98. The van der Waals surface area contributed by atoms with E-state index in [1.807, 2.05) is 55.7 Å². The molecule has 1 saturated heterocycles. The lowest BCUT2D eigenvalue weighted by Crippen LogP contribution is -2.41. The molecule has 0 spiro atoms. The number of aryl methyl sites for hydroxylation is 2. The van der Waals surface area contributed by atoms with Gasteiger partial charge < -0.3 is 9.30 Å². The average molecular weight is 481 g/mol. The minimum atomic E-state index is -3.84. The summed E-state index contributed by atoms with van der Waals surface area (Å²) in [5.41, 5.74) is 4.02. The number of hydrogen-bond acceptors (Lipinski definition) is 5. The topological polar surface area (TPSA) is 85.7 Å². The molecule has 2 aromatic carbocycles. The van der Waals surface area contributed by atoms with Gasteiger partial charge in [0.25, 0.3) is 0 Å². The van der Waals surface area contributed by atoms with Gasteiger partial charge in [0.05, 0.1) is 4.90 Å². The van der Waals surface area contributed by atoms with Crippen molar-refractivity contribution in [2.75, 3.05) is 13.2 Å². The molecule has 0 N–H and O–H groups in total. The zero-order valence-electron chi connectivity index (χ0n) is 19.5. The van der Waals surface area contributed by atoms with Gasteiger partial charge >= 0.3 is 5.97 Å². The number of hydrogen-bond donors (Lipinski definition) is 0. The number of aromatic nitrogens is 1. The zero-order chi connectivity index (χ0) is 24.5. The van der Waals surface area contributed by atoms with Gasteiger partial charge in [0.15, 0.2) is 6.61 Å². The number of sulfonamides is 1. The maximum absolute atomic E-state index is 13.1. The van der Waals surface area contributed by atoms with E-state index in [0.717, 1.165) is 22.6 Å². The molecule has 2 heterocycles. The maximum atomic E-state index is 13.1.